The van der Waals surface area contributed by atoms with Crippen LogP contribution >= 0.6 is 0 Å². The minimum Gasteiger partial charge on any atom is -0.493 e. The predicted octanol–water partition coefficient (Wildman–Crippen LogP) is 6.34. The molecule has 0 bridgehead atoms. The first-order valence-corrected chi connectivity index (χ1v) is 10.8. The molecular weight excluding hydrogens is 387 g/mol. The number of likely N-dealkylation sites (tertiary alicyclic amines) is 1. The van der Waals surface area contributed by atoms with Gasteiger partial charge < -0.3 is 9.64 Å². The van der Waals surface area contributed by atoms with Crippen molar-refractivity contribution in [3.05, 3.63) is 65.2 Å². The summed E-state index contributed by atoms with van der Waals surface area (Å²) in [6.07, 6.45) is -1.06. The molecule has 0 N–H and O–H groups in total. The minimum atomic E-state index is -4.31. The molecule has 0 radical (unpaired) electrons. The van der Waals surface area contributed by atoms with Crippen molar-refractivity contribution in [2.75, 3.05) is 26.2 Å². The van der Waals surface area contributed by atoms with Crippen molar-refractivity contribution >= 4 is 0 Å². The number of hydrogen-bond acceptors (Lipinski definition) is 2. The lowest BCUT2D eigenvalue weighted by atomic mass is 9.82. The zero-order valence-electron chi connectivity index (χ0n) is 18.1. The predicted molar refractivity (Wildman–Crippen MR) is 115 cm³/mol. The van der Waals surface area contributed by atoms with Crippen molar-refractivity contribution < 1.29 is 17.9 Å². The molecule has 0 amide bonds. The first-order chi connectivity index (χ1) is 14.2. The molecule has 0 aliphatic carbocycles. The highest BCUT2D eigenvalue weighted by molar-refractivity contribution is 5.29. The number of aryl methyl sites for hydroxylation is 1. The summed E-state index contributed by atoms with van der Waals surface area (Å²) in [7, 11) is 0. The summed E-state index contributed by atoms with van der Waals surface area (Å²) < 4.78 is 43.9. The number of halogens is 3. The second kappa shape index (κ2) is 9.42. The maximum Gasteiger partial charge on any atom is 0.416 e. The van der Waals surface area contributed by atoms with E-state index < -0.39 is 11.7 Å². The van der Waals surface area contributed by atoms with Gasteiger partial charge in [0.2, 0.25) is 0 Å². The third kappa shape index (κ3) is 6.00. The van der Waals surface area contributed by atoms with E-state index in [1.165, 1.54) is 23.3 Å². The van der Waals surface area contributed by atoms with Crippen LogP contribution in [0, 0.1) is 5.92 Å². The lowest BCUT2D eigenvalue weighted by Crippen LogP contribution is -2.44. The lowest BCUT2D eigenvalue weighted by molar-refractivity contribution is -0.137. The Morgan fingerprint density at radius 2 is 1.60 bits per heavy atom. The van der Waals surface area contributed by atoms with Crippen LogP contribution < -0.4 is 4.74 Å². The second-order valence-electron chi connectivity index (χ2n) is 9.01. The second-order valence-corrected chi connectivity index (χ2v) is 9.01. The molecule has 0 aromatic heterocycles. The highest BCUT2D eigenvalue weighted by Gasteiger charge is 2.30. The summed E-state index contributed by atoms with van der Waals surface area (Å²) in [4.78, 5) is 2.50. The van der Waals surface area contributed by atoms with Crippen LogP contribution in [0.25, 0.3) is 0 Å². The molecule has 1 atom stereocenters. The third-order valence-corrected chi connectivity index (χ3v) is 6.03. The van der Waals surface area contributed by atoms with E-state index in [4.69, 9.17) is 4.74 Å². The van der Waals surface area contributed by atoms with Gasteiger partial charge in [-0.1, -0.05) is 45.0 Å². The number of ether oxygens (including phenoxy) is 1. The van der Waals surface area contributed by atoms with E-state index in [2.05, 4.69) is 49.9 Å². The third-order valence-electron chi connectivity index (χ3n) is 6.03. The van der Waals surface area contributed by atoms with Gasteiger partial charge in [-0.25, -0.2) is 0 Å². The molecule has 0 spiro atoms. The fourth-order valence-corrected chi connectivity index (χ4v) is 4.23. The monoisotopic (exact) mass is 419 g/mol. The van der Waals surface area contributed by atoms with Crippen LogP contribution in [0.2, 0.25) is 0 Å². The number of nitrogens with zero attached hydrogens (tertiary/aromatic N) is 1. The Kier molecular flexibility index (Phi) is 7.12. The first-order valence-electron chi connectivity index (χ1n) is 10.8. The highest BCUT2D eigenvalue weighted by atomic mass is 19.4. The van der Waals surface area contributed by atoms with Crippen LogP contribution in [0.15, 0.2) is 48.5 Å². The van der Waals surface area contributed by atoms with Crippen LogP contribution in [-0.4, -0.2) is 31.1 Å². The molecule has 1 unspecified atom stereocenters. The van der Waals surface area contributed by atoms with Crippen molar-refractivity contribution in [2.45, 2.75) is 51.6 Å². The van der Waals surface area contributed by atoms with Gasteiger partial charge in [0.25, 0.3) is 0 Å². The summed E-state index contributed by atoms with van der Waals surface area (Å²) in [6, 6.07) is 13.9. The number of piperidine rings is 1. The Morgan fingerprint density at radius 1 is 0.967 bits per heavy atom. The molecule has 164 valence electrons. The average Bonchev–Trinajstić information content (AvgIpc) is 2.72. The number of alkyl halides is 3. The molecule has 1 heterocycles. The average molecular weight is 420 g/mol. The largest absolute Gasteiger partial charge is 0.493 e. The van der Waals surface area contributed by atoms with Gasteiger partial charge in [-0.15, -0.1) is 0 Å². The van der Waals surface area contributed by atoms with Gasteiger partial charge in [0.1, 0.15) is 5.75 Å². The van der Waals surface area contributed by atoms with Gasteiger partial charge in [-0.3, -0.25) is 0 Å². The van der Waals surface area contributed by atoms with Gasteiger partial charge in [0, 0.05) is 24.4 Å². The van der Waals surface area contributed by atoms with Crippen LogP contribution in [0.4, 0.5) is 13.2 Å². The SMILES string of the molecule is CCc1ccc(C(C)(C)CN2CCCC(COc3ccc(C(F)(F)F)cc3)C2)cc1. The van der Waals surface area contributed by atoms with E-state index in [0.717, 1.165) is 51.0 Å². The maximum atomic E-state index is 12.7. The van der Waals surface area contributed by atoms with Gasteiger partial charge >= 0.3 is 6.18 Å². The number of rotatable bonds is 7. The topological polar surface area (TPSA) is 12.5 Å². The van der Waals surface area contributed by atoms with E-state index >= 15 is 0 Å². The number of hydrogen-bond donors (Lipinski definition) is 0. The molecule has 5 heteroatoms. The van der Waals surface area contributed by atoms with Gasteiger partial charge in [-0.2, -0.15) is 13.2 Å². The Hall–Kier alpha value is -2.01. The molecule has 30 heavy (non-hydrogen) atoms. The summed E-state index contributed by atoms with van der Waals surface area (Å²) in [5, 5.41) is 0. The summed E-state index contributed by atoms with van der Waals surface area (Å²) in [5.74, 6) is 0.885. The Balaban J connectivity index is 1.53. The zero-order chi connectivity index (χ0) is 21.8. The quantitative estimate of drug-likeness (QED) is 0.519. The number of benzene rings is 2. The fourth-order valence-electron chi connectivity index (χ4n) is 4.23. The molecule has 3 rings (SSSR count). The molecule has 2 aromatic rings. The van der Waals surface area contributed by atoms with Crippen molar-refractivity contribution in [1.82, 2.24) is 4.90 Å². The molecule has 1 saturated heterocycles. The molecule has 1 fully saturated rings. The molecule has 1 aliphatic heterocycles. The van der Waals surface area contributed by atoms with Crippen molar-refractivity contribution in [1.29, 1.82) is 0 Å². The van der Waals surface area contributed by atoms with Gasteiger partial charge in [0.05, 0.1) is 12.2 Å². The lowest BCUT2D eigenvalue weighted by Gasteiger charge is -2.38. The molecule has 0 saturated carbocycles. The Bertz CT molecular complexity index is 797. The standard InChI is InChI=1S/C25H32F3NO/c1-4-19-7-9-21(10-8-19)24(2,3)18-29-15-5-6-20(16-29)17-30-23-13-11-22(12-14-23)25(26,27)28/h7-14,20H,4-6,15-18H2,1-3H3. The minimum absolute atomic E-state index is 0.0580. The van der Waals surface area contributed by atoms with Crippen LogP contribution in [-0.2, 0) is 18.0 Å². The van der Waals surface area contributed by atoms with Crippen molar-refractivity contribution in [2.24, 2.45) is 5.92 Å². The van der Waals surface area contributed by atoms with Gasteiger partial charge in [0.15, 0.2) is 0 Å². The van der Waals surface area contributed by atoms with E-state index in [1.54, 1.807) is 0 Å². The van der Waals surface area contributed by atoms with Gasteiger partial charge in [-0.05, 0) is 61.2 Å². The van der Waals surface area contributed by atoms with Crippen LogP contribution in [0.1, 0.15) is 50.3 Å². The summed E-state index contributed by atoms with van der Waals surface area (Å²) in [5.41, 5.74) is 2.12. The maximum absolute atomic E-state index is 12.7. The molecule has 2 nitrogen and oxygen atoms in total. The van der Waals surface area contributed by atoms with Crippen molar-refractivity contribution in [3.63, 3.8) is 0 Å². The van der Waals surface area contributed by atoms with Crippen LogP contribution in [0.5, 0.6) is 5.75 Å². The molecule has 1 aliphatic rings. The molecular formula is C25H32F3NO. The zero-order valence-corrected chi connectivity index (χ0v) is 18.1. The van der Waals surface area contributed by atoms with E-state index in [0.29, 0.717) is 18.3 Å². The van der Waals surface area contributed by atoms with E-state index in [9.17, 15) is 13.2 Å². The Morgan fingerprint density at radius 3 is 2.20 bits per heavy atom. The highest BCUT2D eigenvalue weighted by Crippen LogP contribution is 2.31. The fraction of sp³-hybridized carbons (Fsp3) is 0.520. The Labute approximate surface area is 178 Å². The van der Waals surface area contributed by atoms with E-state index in [1.807, 2.05) is 0 Å². The summed E-state index contributed by atoms with van der Waals surface area (Å²) >= 11 is 0. The van der Waals surface area contributed by atoms with Crippen molar-refractivity contribution in [3.8, 4) is 5.75 Å². The van der Waals surface area contributed by atoms with Crippen LogP contribution in [0.3, 0.4) is 0 Å². The molecule has 2 aromatic carbocycles. The normalized spacial score (nSPS) is 18.4. The smallest absolute Gasteiger partial charge is 0.416 e. The summed E-state index contributed by atoms with van der Waals surface area (Å²) in [6.45, 7) is 10.3. The van der Waals surface area contributed by atoms with E-state index in [-0.39, 0.29) is 5.41 Å². The first kappa shape index (κ1) is 22.7.